The Kier molecular flexibility index (Phi) is 6.97. The number of alkyl halides is 3. The monoisotopic (exact) mass is 300 g/mol. The van der Waals surface area contributed by atoms with Gasteiger partial charge in [-0.05, 0) is 12.8 Å². The van der Waals surface area contributed by atoms with Crippen molar-refractivity contribution in [3.63, 3.8) is 0 Å². The molecular formula is C10H15F3N2O5. The lowest BCUT2D eigenvalue weighted by Gasteiger charge is -2.18. The lowest BCUT2D eigenvalue weighted by Crippen LogP contribution is -2.43. The SMILES string of the molecule is N[C@@H](CC(=O)O)C(=O)N1CCCC1.O=C(O)C(F)(F)F. The number of hydrogen-bond acceptors (Lipinski definition) is 4. The van der Waals surface area contributed by atoms with E-state index < -0.39 is 24.2 Å². The van der Waals surface area contributed by atoms with Crippen LogP contribution in [0.25, 0.3) is 0 Å². The third-order valence-electron chi connectivity index (χ3n) is 2.37. The lowest BCUT2D eigenvalue weighted by atomic mass is 10.2. The van der Waals surface area contributed by atoms with Gasteiger partial charge in [0.05, 0.1) is 12.5 Å². The van der Waals surface area contributed by atoms with Gasteiger partial charge in [0.15, 0.2) is 0 Å². The molecule has 1 amide bonds. The van der Waals surface area contributed by atoms with Gasteiger partial charge in [-0.25, -0.2) is 4.79 Å². The summed E-state index contributed by atoms with van der Waals surface area (Å²) < 4.78 is 31.7. The average molecular weight is 300 g/mol. The van der Waals surface area contributed by atoms with Gasteiger partial charge in [-0.3, -0.25) is 9.59 Å². The molecule has 1 saturated heterocycles. The Bertz CT molecular complexity index is 366. The van der Waals surface area contributed by atoms with E-state index in [1.54, 1.807) is 4.90 Å². The first-order chi connectivity index (χ1) is 9.05. The van der Waals surface area contributed by atoms with Gasteiger partial charge in [-0.15, -0.1) is 0 Å². The summed E-state index contributed by atoms with van der Waals surface area (Å²) in [7, 11) is 0. The van der Waals surface area contributed by atoms with Crippen LogP contribution in [0.5, 0.6) is 0 Å². The van der Waals surface area contributed by atoms with Crippen molar-refractivity contribution in [3.05, 3.63) is 0 Å². The molecule has 0 radical (unpaired) electrons. The predicted molar refractivity (Wildman–Crippen MR) is 59.7 cm³/mol. The van der Waals surface area contributed by atoms with E-state index in [0.717, 1.165) is 12.8 Å². The predicted octanol–water partition coefficient (Wildman–Crippen LogP) is 0.0441. The zero-order valence-corrected chi connectivity index (χ0v) is 10.4. The number of nitrogens with two attached hydrogens (primary N) is 1. The Morgan fingerprint density at radius 3 is 1.85 bits per heavy atom. The second-order valence-electron chi connectivity index (χ2n) is 4.04. The van der Waals surface area contributed by atoms with Crippen molar-refractivity contribution in [2.45, 2.75) is 31.5 Å². The molecule has 0 aromatic rings. The number of carboxylic acids is 2. The Labute approximate surface area is 112 Å². The quantitative estimate of drug-likeness (QED) is 0.677. The number of likely N-dealkylation sites (tertiary alicyclic amines) is 1. The summed E-state index contributed by atoms with van der Waals surface area (Å²) in [6.45, 7) is 1.43. The molecule has 1 rings (SSSR count). The molecule has 1 heterocycles. The maximum absolute atomic E-state index is 11.4. The Hall–Kier alpha value is -1.84. The molecule has 20 heavy (non-hydrogen) atoms. The lowest BCUT2D eigenvalue weighted by molar-refractivity contribution is -0.192. The molecule has 0 unspecified atom stereocenters. The molecule has 0 saturated carbocycles. The van der Waals surface area contributed by atoms with Gasteiger partial charge in [-0.1, -0.05) is 0 Å². The van der Waals surface area contributed by atoms with Crippen LogP contribution in [0.3, 0.4) is 0 Å². The summed E-state index contributed by atoms with van der Waals surface area (Å²) >= 11 is 0. The highest BCUT2D eigenvalue weighted by Gasteiger charge is 2.38. The number of aliphatic carboxylic acids is 2. The average Bonchev–Trinajstić information content (AvgIpc) is 2.79. The van der Waals surface area contributed by atoms with Crippen LogP contribution in [-0.4, -0.2) is 58.3 Å². The molecule has 116 valence electrons. The topological polar surface area (TPSA) is 121 Å². The summed E-state index contributed by atoms with van der Waals surface area (Å²) in [4.78, 5) is 32.2. The largest absolute Gasteiger partial charge is 0.490 e. The van der Waals surface area contributed by atoms with E-state index >= 15 is 0 Å². The highest BCUT2D eigenvalue weighted by molar-refractivity contribution is 5.86. The van der Waals surface area contributed by atoms with Gasteiger partial charge < -0.3 is 20.8 Å². The van der Waals surface area contributed by atoms with E-state index in [4.69, 9.17) is 20.7 Å². The van der Waals surface area contributed by atoms with Crippen LogP contribution in [0.15, 0.2) is 0 Å². The Morgan fingerprint density at radius 2 is 1.55 bits per heavy atom. The number of nitrogens with zero attached hydrogens (tertiary/aromatic N) is 1. The minimum atomic E-state index is -5.08. The molecule has 1 aliphatic heterocycles. The van der Waals surface area contributed by atoms with Crippen LogP contribution in [0.4, 0.5) is 13.2 Å². The normalized spacial score (nSPS) is 16.1. The molecule has 4 N–H and O–H groups in total. The van der Waals surface area contributed by atoms with Crippen LogP contribution in [0, 0.1) is 0 Å². The molecule has 10 heteroatoms. The van der Waals surface area contributed by atoms with E-state index in [9.17, 15) is 22.8 Å². The second kappa shape index (κ2) is 7.68. The van der Waals surface area contributed by atoms with Gasteiger partial charge >= 0.3 is 18.1 Å². The summed E-state index contributed by atoms with van der Waals surface area (Å²) in [6, 6.07) is -0.879. The first-order valence-electron chi connectivity index (χ1n) is 5.62. The number of amides is 1. The first kappa shape index (κ1) is 18.2. The van der Waals surface area contributed by atoms with E-state index in [2.05, 4.69) is 0 Å². The van der Waals surface area contributed by atoms with Gasteiger partial charge in [0.2, 0.25) is 5.91 Å². The molecule has 0 aromatic carbocycles. The Balaban J connectivity index is 0.000000441. The molecular weight excluding hydrogens is 285 g/mol. The fourth-order valence-electron chi connectivity index (χ4n) is 1.45. The Morgan fingerprint density at radius 1 is 1.15 bits per heavy atom. The summed E-state index contributed by atoms with van der Waals surface area (Å²) in [6.07, 6.45) is -3.38. The molecule has 0 spiro atoms. The van der Waals surface area contributed by atoms with Gasteiger partial charge in [0.1, 0.15) is 0 Å². The van der Waals surface area contributed by atoms with E-state index in [1.165, 1.54) is 0 Å². The van der Waals surface area contributed by atoms with Crippen LogP contribution in [0.2, 0.25) is 0 Å². The third-order valence-corrected chi connectivity index (χ3v) is 2.37. The smallest absolute Gasteiger partial charge is 0.481 e. The molecule has 0 bridgehead atoms. The highest BCUT2D eigenvalue weighted by atomic mass is 19.4. The van der Waals surface area contributed by atoms with Crippen molar-refractivity contribution in [2.75, 3.05) is 13.1 Å². The van der Waals surface area contributed by atoms with Gasteiger partial charge in [0.25, 0.3) is 0 Å². The maximum atomic E-state index is 11.4. The van der Waals surface area contributed by atoms with Crippen molar-refractivity contribution in [3.8, 4) is 0 Å². The van der Waals surface area contributed by atoms with Gasteiger partial charge in [-0.2, -0.15) is 13.2 Å². The minimum Gasteiger partial charge on any atom is -0.481 e. The zero-order valence-electron chi connectivity index (χ0n) is 10.4. The van der Waals surface area contributed by atoms with Crippen LogP contribution < -0.4 is 5.73 Å². The number of hydrogen-bond donors (Lipinski definition) is 3. The maximum Gasteiger partial charge on any atom is 0.490 e. The fourth-order valence-corrected chi connectivity index (χ4v) is 1.45. The number of rotatable bonds is 3. The van der Waals surface area contributed by atoms with E-state index in [0.29, 0.717) is 13.1 Å². The second-order valence-corrected chi connectivity index (χ2v) is 4.04. The summed E-state index contributed by atoms with van der Waals surface area (Å²) in [5.74, 6) is -4.02. The highest BCUT2D eigenvalue weighted by Crippen LogP contribution is 2.13. The molecule has 7 nitrogen and oxygen atoms in total. The third kappa shape index (κ3) is 6.92. The zero-order chi connectivity index (χ0) is 15.9. The van der Waals surface area contributed by atoms with E-state index in [-0.39, 0.29) is 12.3 Å². The minimum absolute atomic E-state index is 0.236. The van der Waals surface area contributed by atoms with Gasteiger partial charge in [0, 0.05) is 13.1 Å². The standard InChI is InChI=1S/C8H14N2O3.C2HF3O2/c9-6(5-7(11)12)8(13)10-3-1-2-4-10;3-2(4,5)1(6)7/h6H,1-5,9H2,(H,11,12);(H,6,7)/t6-;/m0./s1. The van der Waals surface area contributed by atoms with Crippen molar-refractivity contribution < 1.29 is 37.8 Å². The van der Waals surface area contributed by atoms with Crippen molar-refractivity contribution >= 4 is 17.8 Å². The van der Waals surface area contributed by atoms with Crippen molar-refractivity contribution in [1.29, 1.82) is 0 Å². The number of carbonyl (C=O) groups excluding carboxylic acids is 1. The van der Waals surface area contributed by atoms with Crippen LogP contribution in [-0.2, 0) is 14.4 Å². The molecule has 1 aliphatic rings. The number of halogens is 3. The fraction of sp³-hybridized carbons (Fsp3) is 0.700. The van der Waals surface area contributed by atoms with E-state index in [1.807, 2.05) is 0 Å². The number of carbonyl (C=O) groups is 3. The van der Waals surface area contributed by atoms with Crippen molar-refractivity contribution in [2.24, 2.45) is 5.73 Å². The first-order valence-corrected chi connectivity index (χ1v) is 5.62. The van der Waals surface area contributed by atoms with Crippen LogP contribution >= 0.6 is 0 Å². The molecule has 0 aromatic heterocycles. The molecule has 0 aliphatic carbocycles. The molecule has 1 fully saturated rings. The van der Waals surface area contributed by atoms with Crippen LogP contribution in [0.1, 0.15) is 19.3 Å². The summed E-state index contributed by atoms with van der Waals surface area (Å²) in [5, 5.41) is 15.5. The summed E-state index contributed by atoms with van der Waals surface area (Å²) in [5.41, 5.74) is 5.43. The number of carboxylic acid groups (broad SMARTS) is 2. The molecule has 1 atom stereocenters. The van der Waals surface area contributed by atoms with Crippen molar-refractivity contribution in [1.82, 2.24) is 4.90 Å².